The summed E-state index contributed by atoms with van der Waals surface area (Å²) in [6.07, 6.45) is 0. The fraction of sp³-hybridized carbons (Fsp3) is 0.0769. The molecule has 100 valence electrons. The molecule has 0 heterocycles. The van der Waals surface area contributed by atoms with Gasteiger partial charge in [0.15, 0.2) is 0 Å². The molecule has 0 amide bonds. The van der Waals surface area contributed by atoms with Crippen LogP contribution in [0.15, 0.2) is 48.5 Å². The van der Waals surface area contributed by atoms with Crippen molar-refractivity contribution in [2.24, 2.45) is 0 Å². The zero-order chi connectivity index (χ0) is 13.9. The van der Waals surface area contributed by atoms with E-state index in [1.165, 1.54) is 24.3 Å². The van der Waals surface area contributed by atoms with Gasteiger partial charge in [0, 0.05) is 0 Å². The number of rotatable bonds is 4. The molecule has 2 aromatic carbocycles. The van der Waals surface area contributed by atoms with E-state index < -0.39 is 12.4 Å². The predicted molar refractivity (Wildman–Crippen MR) is 67.6 cm³/mol. The van der Waals surface area contributed by atoms with Gasteiger partial charge in [-0.2, -0.15) is 0 Å². The summed E-state index contributed by atoms with van der Waals surface area (Å²) in [5.74, 6) is 0.525. The molecule has 0 saturated carbocycles. The molecule has 2 rings (SSSR count). The summed E-state index contributed by atoms with van der Waals surface area (Å²) in [4.78, 5) is 0. The zero-order valence-electron chi connectivity index (χ0n) is 10.9. The summed E-state index contributed by atoms with van der Waals surface area (Å²) in [6.45, 7) is -4.73. The summed E-state index contributed by atoms with van der Waals surface area (Å²) in [6, 6.07) is 11.0. The number of phenols is 1. The summed E-state index contributed by atoms with van der Waals surface area (Å²) < 4.78 is 42.6. The Bertz CT molecular complexity index is 541. The SMILES string of the molecule is Oc1ccc(COc2ccc([B-](F)(F)F)cc2)cc1.[K+]. The first-order valence-electron chi connectivity index (χ1n) is 5.66. The molecule has 0 radical (unpaired) electrons. The normalized spacial score (nSPS) is 10.8. The van der Waals surface area contributed by atoms with Crippen LogP contribution in [0.5, 0.6) is 11.5 Å². The molecular formula is C13H11BF3KO2. The maximum atomic E-state index is 12.4. The Hall–Kier alpha value is -0.469. The van der Waals surface area contributed by atoms with Crippen molar-refractivity contribution in [2.45, 2.75) is 6.61 Å². The molecule has 0 bridgehead atoms. The predicted octanol–water partition coefficient (Wildman–Crippen LogP) is 0.0296. The fourth-order valence-electron chi connectivity index (χ4n) is 1.54. The Balaban J connectivity index is 0.00000200. The van der Waals surface area contributed by atoms with E-state index >= 15 is 0 Å². The minimum atomic E-state index is -4.97. The molecule has 0 aliphatic carbocycles. The largest absolute Gasteiger partial charge is 1.00 e. The van der Waals surface area contributed by atoms with Crippen molar-refractivity contribution in [1.29, 1.82) is 0 Å². The molecule has 0 unspecified atom stereocenters. The zero-order valence-corrected chi connectivity index (χ0v) is 14.0. The van der Waals surface area contributed by atoms with E-state index in [1.807, 2.05) is 0 Å². The minimum absolute atomic E-state index is 0. The van der Waals surface area contributed by atoms with Gasteiger partial charge >= 0.3 is 58.4 Å². The average Bonchev–Trinajstić information content (AvgIpc) is 2.37. The first-order valence-corrected chi connectivity index (χ1v) is 5.66. The van der Waals surface area contributed by atoms with Crippen molar-refractivity contribution in [1.82, 2.24) is 0 Å². The van der Waals surface area contributed by atoms with Crippen LogP contribution in [0.3, 0.4) is 0 Å². The molecule has 20 heavy (non-hydrogen) atoms. The first-order chi connectivity index (χ1) is 8.95. The van der Waals surface area contributed by atoms with Crippen LogP contribution in [0.1, 0.15) is 5.56 Å². The molecule has 0 aromatic heterocycles. The monoisotopic (exact) mass is 306 g/mol. The third-order valence-corrected chi connectivity index (χ3v) is 2.60. The van der Waals surface area contributed by atoms with Gasteiger partial charge in [-0.3, -0.25) is 0 Å². The Morgan fingerprint density at radius 2 is 1.45 bits per heavy atom. The van der Waals surface area contributed by atoms with E-state index in [-0.39, 0.29) is 63.7 Å². The molecule has 0 aliphatic rings. The summed E-state index contributed by atoms with van der Waals surface area (Å²) in [5, 5.41) is 9.10. The molecule has 0 fully saturated rings. The Kier molecular flexibility index (Phi) is 6.61. The van der Waals surface area contributed by atoms with Crippen molar-refractivity contribution >= 4 is 12.4 Å². The van der Waals surface area contributed by atoms with Gasteiger partial charge in [-0.05, 0) is 29.8 Å². The molecule has 0 saturated heterocycles. The van der Waals surface area contributed by atoms with Gasteiger partial charge in [0.2, 0.25) is 0 Å². The number of hydrogen-bond acceptors (Lipinski definition) is 2. The maximum Gasteiger partial charge on any atom is 1.00 e. The van der Waals surface area contributed by atoms with Gasteiger partial charge in [0.05, 0.1) is 0 Å². The van der Waals surface area contributed by atoms with Crippen LogP contribution in [-0.4, -0.2) is 12.1 Å². The quantitative estimate of drug-likeness (QED) is 0.808. The van der Waals surface area contributed by atoms with Gasteiger partial charge in [0.25, 0.3) is 0 Å². The van der Waals surface area contributed by atoms with Gasteiger partial charge in [-0.15, -0.1) is 5.46 Å². The summed E-state index contributed by atoms with van der Waals surface area (Å²) in [5.41, 5.74) is 0.180. The maximum absolute atomic E-state index is 12.4. The fourth-order valence-corrected chi connectivity index (χ4v) is 1.54. The van der Waals surface area contributed by atoms with Crippen LogP contribution in [0.25, 0.3) is 0 Å². The van der Waals surface area contributed by atoms with Gasteiger partial charge in [-0.25, -0.2) is 0 Å². The van der Waals surface area contributed by atoms with Crippen molar-refractivity contribution < 1.29 is 74.2 Å². The second-order valence-electron chi connectivity index (χ2n) is 4.10. The number of hydrogen-bond donors (Lipinski definition) is 1. The van der Waals surface area contributed by atoms with Crippen molar-refractivity contribution in [3.63, 3.8) is 0 Å². The van der Waals surface area contributed by atoms with Crippen LogP contribution in [-0.2, 0) is 6.61 Å². The van der Waals surface area contributed by atoms with Gasteiger partial charge in [0.1, 0.15) is 18.1 Å². The van der Waals surface area contributed by atoms with Crippen molar-refractivity contribution in [3.05, 3.63) is 54.1 Å². The van der Waals surface area contributed by atoms with Gasteiger partial charge in [-0.1, -0.05) is 24.3 Å². The van der Waals surface area contributed by atoms with Crippen LogP contribution >= 0.6 is 0 Å². The van der Waals surface area contributed by atoms with Crippen molar-refractivity contribution in [3.8, 4) is 11.5 Å². The van der Waals surface area contributed by atoms with Crippen LogP contribution in [0.4, 0.5) is 12.9 Å². The molecule has 2 aromatic rings. The van der Waals surface area contributed by atoms with Crippen molar-refractivity contribution in [2.75, 3.05) is 0 Å². The van der Waals surface area contributed by atoms with E-state index in [2.05, 4.69) is 0 Å². The number of benzene rings is 2. The number of halogens is 3. The average molecular weight is 306 g/mol. The minimum Gasteiger partial charge on any atom is -0.508 e. The third kappa shape index (κ3) is 5.14. The molecule has 2 nitrogen and oxygen atoms in total. The second-order valence-corrected chi connectivity index (χ2v) is 4.10. The van der Waals surface area contributed by atoms with E-state index in [1.54, 1.807) is 12.1 Å². The van der Waals surface area contributed by atoms with Crippen LogP contribution in [0, 0.1) is 0 Å². The van der Waals surface area contributed by atoms with E-state index in [0.29, 0.717) is 5.75 Å². The molecule has 0 spiro atoms. The Labute approximate surface area is 157 Å². The molecule has 1 N–H and O–H groups in total. The van der Waals surface area contributed by atoms with E-state index in [9.17, 15) is 12.9 Å². The molecule has 0 aliphatic heterocycles. The topological polar surface area (TPSA) is 29.5 Å². The number of phenolic OH excluding ortho intramolecular Hbond substituents is 1. The Morgan fingerprint density at radius 3 is 1.95 bits per heavy atom. The van der Waals surface area contributed by atoms with Gasteiger partial charge < -0.3 is 22.8 Å². The third-order valence-electron chi connectivity index (χ3n) is 2.60. The van der Waals surface area contributed by atoms with E-state index in [0.717, 1.165) is 17.7 Å². The Morgan fingerprint density at radius 1 is 0.900 bits per heavy atom. The standard InChI is InChI=1S/C13H11BF3O2.K/c15-14(16,17)11-3-7-13(8-4-11)19-9-10-1-5-12(18)6-2-10;/h1-8,18H,9H2;/q-1;+1. The number of ether oxygens (including phenoxy) is 1. The first kappa shape index (κ1) is 17.6. The summed E-state index contributed by atoms with van der Waals surface area (Å²) in [7, 11) is 0. The van der Waals surface area contributed by atoms with Crippen LogP contribution < -0.4 is 61.6 Å². The van der Waals surface area contributed by atoms with Crippen LogP contribution in [0.2, 0.25) is 0 Å². The molecule has 0 atom stereocenters. The van der Waals surface area contributed by atoms with E-state index in [4.69, 9.17) is 9.84 Å². The summed E-state index contributed by atoms with van der Waals surface area (Å²) >= 11 is 0. The number of aromatic hydroxyl groups is 1. The molecule has 7 heteroatoms. The second kappa shape index (κ2) is 7.51. The molecular weight excluding hydrogens is 295 g/mol. The smallest absolute Gasteiger partial charge is 0.508 e.